The molecule has 3 amide bonds. The van der Waals surface area contributed by atoms with Crippen LogP contribution in [0.1, 0.15) is 30.9 Å². The summed E-state index contributed by atoms with van der Waals surface area (Å²) in [6.07, 6.45) is 3.79. The third kappa shape index (κ3) is 3.71. The lowest BCUT2D eigenvalue weighted by Gasteiger charge is -2.28. The molecule has 1 aromatic carbocycles. The number of rotatable bonds is 5. The Kier molecular flexibility index (Phi) is 5.26. The number of piperidine rings is 1. The van der Waals surface area contributed by atoms with Gasteiger partial charge in [0.1, 0.15) is 0 Å². The lowest BCUT2D eigenvalue weighted by molar-refractivity contribution is -0.126. The predicted molar refractivity (Wildman–Crippen MR) is 109 cm³/mol. The van der Waals surface area contributed by atoms with E-state index in [1.54, 1.807) is 0 Å². The molecular weight excluding hydrogens is 354 g/mol. The highest BCUT2D eigenvalue weighted by molar-refractivity contribution is 6.01. The minimum Gasteiger partial charge on any atom is -0.378 e. The van der Waals surface area contributed by atoms with E-state index in [0.29, 0.717) is 18.7 Å². The molecule has 0 radical (unpaired) electrons. The fourth-order valence-electron chi connectivity index (χ4n) is 4.27. The first kappa shape index (κ1) is 18.8. The van der Waals surface area contributed by atoms with Gasteiger partial charge in [0.25, 0.3) is 5.91 Å². The molecule has 0 aliphatic carbocycles. The number of likely N-dealkylation sites (tertiary alicyclic amines) is 1. The summed E-state index contributed by atoms with van der Waals surface area (Å²) in [5.41, 5.74) is 3.43. The zero-order valence-corrected chi connectivity index (χ0v) is 16.7. The van der Waals surface area contributed by atoms with Gasteiger partial charge in [0.2, 0.25) is 0 Å². The normalized spacial score (nSPS) is 22.8. The van der Waals surface area contributed by atoms with Crippen LogP contribution in [0.4, 0.5) is 10.5 Å². The highest BCUT2D eigenvalue weighted by Gasteiger charge is 2.40. The van der Waals surface area contributed by atoms with E-state index in [-0.39, 0.29) is 11.9 Å². The summed E-state index contributed by atoms with van der Waals surface area (Å²) >= 11 is 0. The van der Waals surface area contributed by atoms with Crippen LogP contribution in [0.2, 0.25) is 0 Å². The number of hydrogen-bond donors (Lipinski definition) is 2. The fraction of sp³-hybridized carbons (Fsp3) is 0.524. The van der Waals surface area contributed by atoms with Crippen LogP contribution >= 0.6 is 0 Å². The van der Waals surface area contributed by atoms with E-state index in [0.717, 1.165) is 36.6 Å². The molecule has 7 nitrogen and oxygen atoms in total. The van der Waals surface area contributed by atoms with E-state index in [1.807, 2.05) is 48.2 Å². The summed E-state index contributed by atoms with van der Waals surface area (Å²) in [5, 5.41) is 5.78. The molecule has 1 fully saturated rings. The third-order valence-electron chi connectivity index (χ3n) is 5.90. The fourth-order valence-corrected chi connectivity index (χ4v) is 4.27. The van der Waals surface area contributed by atoms with Gasteiger partial charge in [-0.2, -0.15) is 0 Å². The number of benzene rings is 1. The number of nitrogens with zero attached hydrogens (tertiary/aromatic N) is 3. The van der Waals surface area contributed by atoms with E-state index in [4.69, 9.17) is 0 Å². The Morgan fingerprint density at radius 3 is 2.43 bits per heavy atom. The molecule has 3 aliphatic rings. The second kappa shape index (κ2) is 7.83. The molecule has 0 aromatic heterocycles. The second-order valence-electron chi connectivity index (χ2n) is 8.04. The summed E-state index contributed by atoms with van der Waals surface area (Å²) in [6.45, 7) is 4.33. The van der Waals surface area contributed by atoms with E-state index < -0.39 is 6.04 Å². The van der Waals surface area contributed by atoms with Gasteiger partial charge in [-0.1, -0.05) is 18.6 Å². The number of amides is 3. The van der Waals surface area contributed by atoms with E-state index in [1.165, 1.54) is 19.3 Å². The molecular formula is C21H29N5O2. The molecule has 150 valence electrons. The Morgan fingerprint density at radius 1 is 1.04 bits per heavy atom. The van der Waals surface area contributed by atoms with Crippen molar-refractivity contribution in [2.75, 3.05) is 51.7 Å². The number of carbonyl (C=O) groups is 2. The van der Waals surface area contributed by atoms with Gasteiger partial charge in [0.05, 0.1) is 23.9 Å². The first-order valence-corrected chi connectivity index (χ1v) is 10.1. The molecule has 3 aliphatic heterocycles. The smallest absolute Gasteiger partial charge is 0.319 e. The predicted octanol–water partition coefficient (Wildman–Crippen LogP) is 1.69. The lowest BCUT2D eigenvalue weighted by atomic mass is 9.96. The summed E-state index contributed by atoms with van der Waals surface area (Å²) in [4.78, 5) is 31.6. The average Bonchev–Trinajstić information content (AvgIpc) is 3.02. The summed E-state index contributed by atoms with van der Waals surface area (Å²) < 4.78 is 0. The number of hydrogen-bond acceptors (Lipinski definition) is 4. The molecule has 1 saturated heterocycles. The van der Waals surface area contributed by atoms with E-state index in [2.05, 4.69) is 15.5 Å². The van der Waals surface area contributed by atoms with Gasteiger partial charge < -0.3 is 25.3 Å². The van der Waals surface area contributed by atoms with Gasteiger partial charge in [-0.15, -0.1) is 0 Å². The largest absolute Gasteiger partial charge is 0.378 e. The monoisotopic (exact) mass is 383 g/mol. The molecule has 2 N–H and O–H groups in total. The molecule has 1 aromatic rings. The van der Waals surface area contributed by atoms with Crippen molar-refractivity contribution in [3.63, 3.8) is 0 Å². The van der Waals surface area contributed by atoms with Crippen LogP contribution in [0.3, 0.4) is 0 Å². The quantitative estimate of drug-likeness (QED) is 0.812. The van der Waals surface area contributed by atoms with Crippen LogP contribution in [-0.4, -0.2) is 68.6 Å². The maximum absolute atomic E-state index is 13.1. The molecule has 1 atom stereocenters. The highest BCUT2D eigenvalue weighted by Crippen LogP contribution is 2.33. The van der Waals surface area contributed by atoms with Gasteiger partial charge in [-0.25, -0.2) is 4.79 Å². The lowest BCUT2D eigenvalue weighted by Crippen LogP contribution is -2.44. The molecule has 0 bridgehead atoms. The van der Waals surface area contributed by atoms with Crippen LogP contribution in [0.25, 0.3) is 0 Å². The van der Waals surface area contributed by atoms with Gasteiger partial charge >= 0.3 is 6.03 Å². The van der Waals surface area contributed by atoms with Crippen molar-refractivity contribution >= 4 is 17.6 Å². The van der Waals surface area contributed by atoms with E-state index in [9.17, 15) is 9.59 Å². The standard InChI is InChI=1S/C21H29N5O2/c1-24(2)16-8-6-15(7-9-16)19-18-17(22-21(28)23-19)14-26(20(18)27)13-12-25-10-4-3-5-11-25/h6-9,19H,3-5,10-14H2,1-2H3,(H2,22,23,28). The zero-order chi connectivity index (χ0) is 19.7. The minimum absolute atomic E-state index is 0.0289. The molecule has 0 saturated carbocycles. The molecule has 4 rings (SSSR count). The second-order valence-corrected chi connectivity index (χ2v) is 8.04. The van der Waals surface area contributed by atoms with Gasteiger partial charge in [0.15, 0.2) is 0 Å². The van der Waals surface area contributed by atoms with Crippen LogP contribution < -0.4 is 15.5 Å². The first-order valence-electron chi connectivity index (χ1n) is 10.1. The molecule has 28 heavy (non-hydrogen) atoms. The maximum atomic E-state index is 13.1. The Bertz CT molecular complexity index is 780. The number of nitrogens with one attached hydrogen (secondary N) is 2. The SMILES string of the molecule is CN(C)c1ccc(C2NC(=O)NC3=C2C(=O)N(CCN2CCCCC2)C3)cc1. The van der Waals surface area contributed by atoms with Crippen LogP contribution in [-0.2, 0) is 4.79 Å². The van der Waals surface area contributed by atoms with Gasteiger partial charge in [0, 0.05) is 32.9 Å². The Hall–Kier alpha value is -2.54. The highest BCUT2D eigenvalue weighted by atomic mass is 16.2. The van der Waals surface area contributed by atoms with Crippen molar-refractivity contribution in [2.45, 2.75) is 25.3 Å². The van der Waals surface area contributed by atoms with E-state index >= 15 is 0 Å². The molecule has 7 heteroatoms. The molecule has 0 spiro atoms. The number of carbonyl (C=O) groups excluding carboxylic acids is 2. The van der Waals surface area contributed by atoms with Gasteiger partial charge in [-0.3, -0.25) is 4.79 Å². The van der Waals surface area contributed by atoms with Crippen LogP contribution in [0, 0.1) is 0 Å². The van der Waals surface area contributed by atoms with Crippen molar-refractivity contribution in [3.05, 3.63) is 41.1 Å². The third-order valence-corrected chi connectivity index (χ3v) is 5.90. The molecule has 1 unspecified atom stereocenters. The average molecular weight is 383 g/mol. The molecule has 3 heterocycles. The first-order chi connectivity index (χ1) is 13.5. The van der Waals surface area contributed by atoms with Crippen molar-refractivity contribution in [2.24, 2.45) is 0 Å². The summed E-state index contributed by atoms with van der Waals surface area (Å²) in [6, 6.07) is 7.35. The topological polar surface area (TPSA) is 67.9 Å². The Labute approximate surface area is 166 Å². The van der Waals surface area contributed by atoms with Crippen molar-refractivity contribution in [3.8, 4) is 0 Å². The number of anilines is 1. The van der Waals surface area contributed by atoms with Crippen molar-refractivity contribution in [1.82, 2.24) is 20.4 Å². The Balaban J connectivity index is 1.49. The van der Waals surface area contributed by atoms with Crippen molar-refractivity contribution < 1.29 is 9.59 Å². The summed E-state index contributed by atoms with van der Waals surface area (Å²) in [7, 11) is 3.98. The zero-order valence-electron chi connectivity index (χ0n) is 16.7. The Morgan fingerprint density at radius 2 is 1.75 bits per heavy atom. The summed E-state index contributed by atoms with van der Waals surface area (Å²) in [5.74, 6) is 0.0289. The minimum atomic E-state index is -0.396. The number of urea groups is 1. The van der Waals surface area contributed by atoms with Crippen LogP contribution in [0.15, 0.2) is 35.5 Å². The van der Waals surface area contributed by atoms with Crippen molar-refractivity contribution in [1.29, 1.82) is 0 Å². The van der Waals surface area contributed by atoms with Gasteiger partial charge in [-0.05, 0) is 43.6 Å². The van der Waals surface area contributed by atoms with Crippen LogP contribution in [0.5, 0.6) is 0 Å². The maximum Gasteiger partial charge on any atom is 0.319 e.